The molecule has 0 saturated heterocycles. The second kappa shape index (κ2) is 6.64. The second-order valence-electron chi connectivity index (χ2n) is 4.41. The quantitative estimate of drug-likeness (QED) is 0.750. The van der Waals surface area contributed by atoms with Crippen LogP contribution < -0.4 is 10.6 Å². The SMILES string of the molecule is CC(C)C(CC(=O)O)NC(=O)Nc1ccccc1. The van der Waals surface area contributed by atoms with E-state index in [-0.39, 0.29) is 24.4 Å². The smallest absolute Gasteiger partial charge is 0.319 e. The Bertz CT molecular complexity index is 404. The highest BCUT2D eigenvalue weighted by Gasteiger charge is 2.19. The lowest BCUT2D eigenvalue weighted by Gasteiger charge is -2.20. The van der Waals surface area contributed by atoms with Crippen LogP contribution in [0.4, 0.5) is 10.5 Å². The van der Waals surface area contributed by atoms with Crippen molar-refractivity contribution in [1.29, 1.82) is 0 Å². The van der Waals surface area contributed by atoms with Gasteiger partial charge >= 0.3 is 12.0 Å². The predicted octanol–water partition coefficient (Wildman–Crippen LogP) is 2.31. The Labute approximate surface area is 106 Å². The molecule has 0 saturated carbocycles. The Morgan fingerprint density at radius 1 is 1.22 bits per heavy atom. The molecule has 0 aliphatic heterocycles. The van der Waals surface area contributed by atoms with Crippen molar-refractivity contribution < 1.29 is 14.7 Å². The fourth-order valence-electron chi connectivity index (χ4n) is 1.50. The molecule has 1 rings (SSSR count). The van der Waals surface area contributed by atoms with Gasteiger partial charge in [0.05, 0.1) is 6.42 Å². The minimum Gasteiger partial charge on any atom is -0.481 e. The Morgan fingerprint density at radius 3 is 2.33 bits per heavy atom. The highest BCUT2D eigenvalue weighted by atomic mass is 16.4. The first-order chi connectivity index (χ1) is 8.49. The number of para-hydroxylation sites is 1. The van der Waals surface area contributed by atoms with Crippen LogP contribution in [0.1, 0.15) is 20.3 Å². The van der Waals surface area contributed by atoms with Gasteiger partial charge in [-0.1, -0.05) is 32.0 Å². The van der Waals surface area contributed by atoms with E-state index in [1.807, 2.05) is 32.0 Å². The summed E-state index contributed by atoms with van der Waals surface area (Å²) in [6.45, 7) is 3.74. The number of hydrogen-bond acceptors (Lipinski definition) is 2. The minimum absolute atomic E-state index is 0.0580. The van der Waals surface area contributed by atoms with E-state index in [0.717, 1.165) is 0 Å². The number of carbonyl (C=O) groups excluding carboxylic acids is 1. The maximum atomic E-state index is 11.7. The molecule has 0 aliphatic rings. The molecule has 2 amide bonds. The number of carboxylic acids is 1. The first-order valence-corrected chi connectivity index (χ1v) is 5.83. The fraction of sp³-hybridized carbons (Fsp3) is 0.385. The summed E-state index contributed by atoms with van der Waals surface area (Å²) in [7, 11) is 0. The average Bonchev–Trinajstić information content (AvgIpc) is 2.28. The summed E-state index contributed by atoms with van der Waals surface area (Å²) < 4.78 is 0. The maximum absolute atomic E-state index is 11.7. The van der Waals surface area contributed by atoms with Crippen LogP contribution in [0.5, 0.6) is 0 Å². The van der Waals surface area contributed by atoms with Crippen molar-refractivity contribution in [2.45, 2.75) is 26.3 Å². The van der Waals surface area contributed by atoms with Gasteiger partial charge in [0, 0.05) is 11.7 Å². The maximum Gasteiger partial charge on any atom is 0.319 e. The number of carbonyl (C=O) groups is 2. The molecule has 1 aromatic carbocycles. The molecule has 0 fully saturated rings. The Balaban J connectivity index is 2.54. The number of benzene rings is 1. The van der Waals surface area contributed by atoms with Crippen LogP contribution in [-0.4, -0.2) is 23.1 Å². The molecule has 5 nitrogen and oxygen atoms in total. The van der Waals surface area contributed by atoms with Gasteiger partial charge < -0.3 is 15.7 Å². The summed E-state index contributed by atoms with van der Waals surface area (Å²) in [5, 5.41) is 14.1. The normalized spacial score (nSPS) is 11.9. The van der Waals surface area contributed by atoms with E-state index in [2.05, 4.69) is 10.6 Å². The molecule has 0 heterocycles. The number of carboxylic acid groups (broad SMARTS) is 1. The van der Waals surface area contributed by atoms with E-state index in [1.54, 1.807) is 12.1 Å². The molecule has 1 unspecified atom stereocenters. The van der Waals surface area contributed by atoms with Gasteiger partial charge in [0.25, 0.3) is 0 Å². The third-order valence-corrected chi connectivity index (χ3v) is 2.55. The first-order valence-electron chi connectivity index (χ1n) is 5.83. The van der Waals surface area contributed by atoms with E-state index in [9.17, 15) is 9.59 Å². The molecule has 0 radical (unpaired) electrons. The summed E-state index contributed by atoms with van der Waals surface area (Å²) in [5.74, 6) is -0.865. The van der Waals surface area contributed by atoms with Gasteiger partial charge in [-0.3, -0.25) is 4.79 Å². The predicted molar refractivity (Wildman–Crippen MR) is 69.5 cm³/mol. The van der Waals surface area contributed by atoms with Crippen molar-refractivity contribution in [2.24, 2.45) is 5.92 Å². The van der Waals surface area contributed by atoms with Crippen LogP contribution in [0.25, 0.3) is 0 Å². The number of urea groups is 1. The largest absolute Gasteiger partial charge is 0.481 e. The molecule has 0 aromatic heterocycles. The van der Waals surface area contributed by atoms with Gasteiger partial charge in [0.2, 0.25) is 0 Å². The second-order valence-corrected chi connectivity index (χ2v) is 4.41. The van der Waals surface area contributed by atoms with E-state index < -0.39 is 5.97 Å². The Hall–Kier alpha value is -2.04. The molecule has 98 valence electrons. The molecule has 5 heteroatoms. The highest BCUT2D eigenvalue weighted by molar-refractivity contribution is 5.89. The molecule has 0 bridgehead atoms. The van der Waals surface area contributed by atoms with Gasteiger partial charge in [0.1, 0.15) is 0 Å². The molecular weight excluding hydrogens is 232 g/mol. The fourth-order valence-corrected chi connectivity index (χ4v) is 1.50. The van der Waals surface area contributed by atoms with Crippen LogP contribution in [0.2, 0.25) is 0 Å². The van der Waals surface area contributed by atoms with Gasteiger partial charge in [-0.15, -0.1) is 0 Å². The van der Waals surface area contributed by atoms with Gasteiger partial charge in [0.15, 0.2) is 0 Å². The van der Waals surface area contributed by atoms with Gasteiger partial charge in [-0.25, -0.2) is 4.79 Å². The van der Waals surface area contributed by atoms with Crippen molar-refractivity contribution in [3.05, 3.63) is 30.3 Å². The van der Waals surface area contributed by atoms with E-state index in [0.29, 0.717) is 5.69 Å². The minimum atomic E-state index is -0.922. The summed E-state index contributed by atoms with van der Waals surface area (Å²) in [6.07, 6.45) is -0.0835. The number of hydrogen-bond donors (Lipinski definition) is 3. The van der Waals surface area contributed by atoms with Gasteiger partial charge in [-0.2, -0.15) is 0 Å². The van der Waals surface area contributed by atoms with Crippen LogP contribution in [0.3, 0.4) is 0 Å². The number of nitrogens with one attached hydrogen (secondary N) is 2. The van der Waals surface area contributed by atoms with Crippen LogP contribution in [0.15, 0.2) is 30.3 Å². The zero-order valence-corrected chi connectivity index (χ0v) is 10.5. The average molecular weight is 250 g/mol. The number of aliphatic carboxylic acids is 1. The molecule has 18 heavy (non-hydrogen) atoms. The molecule has 3 N–H and O–H groups in total. The summed E-state index contributed by atoms with van der Waals surface area (Å²) in [6, 6.07) is 8.24. The summed E-state index contributed by atoms with van der Waals surface area (Å²) in [5.41, 5.74) is 0.674. The first kappa shape index (κ1) is 14.0. The lowest BCUT2D eigenvalue weighted by Crippen LogP contribution is -2.42. The zero-order chi connectivity index (χ0) is 13.5. The molecule has 0 spiro atoms. The third-order valence-electron chi connectivity index (χ3n) is 2.55. The van der Waals surface area contributed by atoms with Crippen LogP contribution in [-0.2, 0) is 4.79 Å². The number of rotatable bonds is 5. The van der Waals surface area contributed by atoms with E-state index in [4.69, 9.17) is 5.11 Å². The summed E-state index contributed by atoms with van der Waals surface area (Å²) >= 11 is 0. The monoisotopic (exact) mass is 250 g/mol. The van der Waals surface area contributed by atoms with Crippen molar-refractivity contribution >= 4 is 17.7 Å². The lowest BCUT2D eigenvalue weighted by atomic mass is 10.0. The highest BCUT2D eigenvalue weighted by Crippen LogP contribution is 2.08. The van der Waals surface area contributed by atoms with Crippen molar-refractivity contribution in [1.82, 2.24) is 5.32 Å². The molecular formula is C13H18N2O3. The van der Waals surface area contributed by atoms with E-state index >= 15 is 0 Å². The zero-order valence-electron chi connectivity index (χ0n) is 10.5. The molecule has 0 aliphatic carbocycles. The van der Waals surface area contributed by atoms with Crippen LogP contribution >= 0.6 is 0 Å². The number of anilines is 1. The topological polar surface area (TPSA) is 78.4 Å². The van der Waals surface area contributed by atoms with Crippen LogP contribution in [0, 0.1) is 5.92 Å². The number of amides is 2. The molecule has 1 atom stereocenters. The Morgan fingerprint density at radius 2 is 1.83 bits per heavy atom. The van der Waals surface area contributed by atoms with Crippen molar-refractivity contribution in [2.75, 3.05) is 5.32 Å². The lowest BCUT2D eigenvalue weighted by molar-refractivity contribution is -0.137. The van der Waals surface area contributed by atoms with Crippen molar-refractivity contribution in [3.8, 4) is 0 Å². The third kappa shape index (κ3) is 4.86. The van der Waals surface area contributed by atoms with Crippen molar-refractivity contribution in [3.63, 3.8) is 0 Å². The van der Waals surface area contributed by atoms with E-state index in [1.165, 1.54) is 0 Å². The standard InChI is InChI=1S/C13H18N2O3/c1-9(2)11(8-12(16)17)15-13(18)14-10-6-4-3-5-7-10/h3-7,9,11H,8H2,1-2H3,(H,16,17)(H2,14,15,18). The Kier molecular flexibility index (Phi) is 5.17. The summed E-state index contributed by atoms with van der Waals surface area (Å²) in [4.78, 5) is 22.4. The van der Waals surface area contributed by atoms with Gasteiger partial charge in [-0.05, 0) is 18.1 Å². The molecule has 1 aromatic rings.